The third-order valence-corrected chi connectivity index (χ3v) is 5.02. The lowest BCUT2D eigenvalue weighted by atomic mass is 10.00. The van der Waals surface area contributed by atoms with E-state index in [0.29, 0.717) is 35.4 Å². The molecule has 0 aliphatic carbocycles. The van der Waals surface area contributed by atoms with Crippen molar-refractivity contribution in [3.63, 3.8) is 0 Å². The van der Waals surface area contributed by atoms with Crippen LogP contribution in [0.3, 0.4) is 0 Å². The molecule has 28 heavy (non-hydrogen) atoms. The Kier molecular flexibility index (Phi) is 5.12. The maximum atomic E-state index is 12.8. The highest BCUT2D eigenvalue weighted by Crippen LogP contribution is 2.28. The standard InChI is InChI=1S/C21H19ClN4O2/c1-28-19-8-6-16(12-17(19)22)23-20-9-7-18(24-25-20)21(27)26-11-10-14-4-2-3-5-15(14)13-26/h2-9,12H,10-11,13H2,1H3,(H,23,25). The van der Waals surface area contributed by atoms with Gasteiger partial charge in [-0.2, -0.15) is 0 Å². The van der Waals surface area contributed by atoms with E-state index in [4.69, 9.17) is 16.3 Å². The first-order valence-corrected chi connectivity index (χ1v) is 9.32. The summed E-state index contributed by atoms with van der Waals surface area (Å²) in [6.07, 6.45) is 0.854. The van der Waals surface area contributed by atoms with Crippen LogP contribution in [0.2, 0.25) is 5.02 Å². The van der Waals surface area contributed by atoms with E-state index in [9.17, 15) is 4.79 Å². The van der Waals surface area contributed by atoms with Crippen LogP contribution in [0.1, 0.15) is 21.6 Å². The molecule has 2 heterocycles. The molecule has 7 heteroatoms. The number of fused-ring (bicyclic) bond motifs is 1. The van der Waals surface area contributed by atoms with Crippen LogP contribution >= 0.6 is 11.6 Å². The number of nitrogens with one attached hydrogen (secondary N) is 1. The van der Waals surface area contributed by atoms with E-state index in [1.165, 1.54) is 11.1 Å². The minimum absolute atomic E-state index is 0.110. The minimum atomic E-state index is -0.110. The number of nitrogens with zero attached hydrogens (tertiary/aromatic N) is 3. The van der Waals surface area contributed by atoms with E-state index in [2.05, 4.69) is 27.6 Å². The number of carbonyl (C=O) groups is 1. The van der Waals surface area contributed by atoms with Crippen molar-refractivity contribution in [2.24, 2.45) is 0 Å². The van der Waals surface area contributed by atoms with Gasteiger partial charge in [-0.25, -0.2) is 0 Å². The molecule has 1 amide bonds. The van der Waals surface area contributed by atoms with Crippen molar-refractivity contribution in [2.75, 3.05) is 19.0 Å². The second-order valence-corrected chi connectivity index (χ2v) is 6.93. The largest absolute Gasteiger partial charge is 0.495 e. The van der Waals surface area contributed by atoms with E-state index in [1.807, 2.05) is 23.1 Å². The number of hydrogen-bond acceptors (Lipinski definition) is 5. The molecule has 2 aromatic carbocycles. The van der Waals surface area contributed by atoms with E-state index in [-0.39, 0.29) is 5.91 Å². The summed E-state index contributed by atoms with van der Waals surface area (Å²) in [5.41, 5.74) is 3.57. The number of benzene rings is 2. The maximum Gasteiger partial charge on any atom is 0.274 e. The second kappa shape index (κ2) is 7.86. The summed E-state index contributed by atoms with van der Waals surface area (Å²) in [6, 6.07) is 17.0. The van der Waals surface area contributed by atoms with Crippen molar-refractivity contribution in [2.45, 2.75) is 13.0 Å². The Bertz CT molecular complexity index is 1010. The smallest absolute Gasteiger partial charge is 0.274 e. The molecule has 0 bridgehead atoms. The molecular weight excluding hydrogens is 376 g/mol. The number of hydrogen-bond donors (Lipinski definition) is 1. The third-order valence-electron chi connectivity index (χ3n) is 4.73. The van der Waals surface area contributed by atoms with Gasteiger partial charge in [0.15, 0.2) is 11.5 Å². The van der Waals surface area contributed by atoms with Crippen LogP contribution in [0.15, 0.2) is 54.6 Å². The van der Waals surface area contributed by atoms with Crippen molar-refractivity contribution >= 4 is 29.0 Å². The lowest BCUT2D eigenvalue weighted by Crippen LogP contribution is -2.36. The van der Waals surface area contributed by atoms with Crippen molar-refractivity contribution in [1.29, 1.82) is 0 Å². The molecule has 0 fully saturated rings. The number of aromatic nitrogens is 2. The van der Waals surface area contributed by atoms with Gasteiger partial charge in [-0.1, -0.05) is 35.9 Å². The van der Waals surface area contributed by atoms with E-state index in [1.54, 1.807) is 31.4 Å². The summed E-state index contributed by atoms with van der Waals surface area (Å²) in [4.78, 5) is 14.6. The van der Waals surface area contributed by atoms with Crippen LogP contribution < -0.4 is 10.1 Å². The minimum Gasteiger partial charge on any atom is -0.495 e. The summed E-state index contributed by atoms with van der Waals surface area (Å²) in [6.45, 7) is 1.28. The molecule has 0 saturated heterocycles. The average Bonchev–Trinajstić information content (AvgIpc) is 2.73. The summed E-state index contributed by atoms with van der Waals surface area (Å²) in [5, 5.41) is 11.8. The molecule has 6 nitrogen and oxygen atoms in total. The molecule has 0 radical (unpaired) electrons. The Labute approximate surface area is 168 Å². The van der Waals surface area contributed by atoms with Gasteiger partial charge in [0.1, 0.15) is 5.75 Å². The summed E-state index contributed by atoms with van der Waals surface area (Å²) in [7, 11) is 1.57. The molecule has 0 unspecified atom stereocenters. The Balaban J connectivity index is 1.44. The van der Waals surface area contributed by atoms with Crippen molar-refractivity contribution < 1.29 is 9.53 Å². The second-order valence-electron chi connectivity index (χ2n) is 6.52. The van der Waals surface area contributed by atoms with E-state index >= 15 is 0 Å². The van der Waals surface area contributed by atoms with Crippen LogP contribution in [0, 0.1) is 0 Å². The number of rotatable bonds is 4. The fourth-order valence-corrected chi connectivity index (χ4v) is 3.49. The van der Waals surface area contributed by atoms with Crippen LogP contribution in [-0.4, -0.2) is 34.7 Å². The van der Waals surface area contributed by atoms with Gasteiger partial charge < -0.3 is 15.0 Å². The normalized spacial score (nSPS) is 13.0. The summed E-state index contributed by atoms with van der Waals surface area (Å²) >= 11 is 6.13. The maximum absolute atomic E-state index is 12.8. The predicted octanol–water partition coefficient (Wildman–Crippen LogP) is 4.08. The molecule has 4 rings (SSSR count). The molecule has 0 saturated carbocycles. The van der Waals surface area contributed by atoms with Crippen molar-refractivity contribution in [1.82, 2.24) is 15.1 Å². The van der Waals surface area contributed by atoms with E-state index < -0.39 is 0 Å². The van der Waals surface area contributed by atoms with Crippen LogP contribution in [0.4, 0.5) is 11.5 Å². The Morgan fingerprint density at radius 1 is 1.11 bits per heavy atom. The van der Waals surface area contributed by atoms with Gasteiger partial charge in [-0.05, 0) is 47.9 Å². The molecule has 142 valence electrons. The number of ether oxygens (including phenoxy) is 1. The zero-order valence-electron chi connectivity index (χ0n) is 15.4. The van der Waals surface area contributed by atoms with Crippen LogP contribution in [-0.2, 0) is 13.0 Å². The number of halogens is 1. The molecular formula is C21H19ClN4O2. The SMILES string of the molecule is COc1ccc(Nc2ccc(C(=O)N3CCc4ccccc4C3)nn2)cc1Cl. The first-order chi connectivity index (χ1) is 13.6. The Hall–Kier alpha value is -3.12. The van der Waals surface area contributed by atoms with Crippen molar-refractivity contribution in [3.8, 4) is 5.75 Å². The number of methoxy groups -OCH3 is 1. The zero-order valence-corrected chi connectivity index (χ0v) is 16.1. The molecule has 3 aromatic rings. The topological polar surface area (TPSA) is 67.3 Å². The highest BCUT2D eigenvalue weighted by molar-refractivity contribution is 6.32. The molecule has 0 atom stereocenters. The molecule has 0 spiro atoms. The van der Waals surface area contributed by atoms with Gasteiger partial charge in [-0.3, -0.25) is 4.79 Å². The van der Waals surface area contributed by atoms with Gasteiger partial charge >= 0.3 is 0 Å². The fourth-order valence-electron chi connectivity index (χ4n) is 3.24. The highest BCUT2D eigenvalue weighted by Gasteiger charge is 2.22. The Morgan fingerprint density at radius 3 is 2.64 bits per heavy atom. The van der Waals surface area contributed by atoms with Gasteiger partial charge in [0.05, 0.1) is 12.1 Å². The average molecular weight is 395 g/mol. The number of anilines is 2. The highest BCUT2D eigenvalue weighted by atomic mass is 35.5. The number of carbonyl (C=O) groups excluding carboxylic acids is 1. The summed E-state index contributed by atoms with van der Waals surface area (Å²) in [5.74, 6) is 1.02. The molecule has 1 aromatic heterocycles. The third kappa shape index (κ3) is 3.77. The van der Waals surface area contributed by atoms with Gasteiger partial charge in [0, 0.05) is 18.8 Å². The van der Waals surface area contributed by atoms with Crippen molar-refractivity contribution in [3.05, 3.63) is 76.4 Å². The Morgan fingerprint density at radius 2 is 1.93 bits per heavy atom. The quantitative estimate of drug-likeness (QED) is 0.722. The van der Waals surface area contributed by atoms with Gasteiger partial charge in [0.25, 0.3) is 5.91 Å². The predicted molar refractivity (Wildman–Crippen MR) is 108 cm³/mol. The van der Waals surface area contributed by atoms with Gasteiger partial charge in [0.2, 0.25) is 0 Å². The molecule has 1 N–H and O–H groups in total. The lowest BCUT2D eigenvalue weighted by Gasteiger charge is -2.28. The number of amides is 1. The zero-order chi connectivity index (χ0) is 19.5. The summed E-state index contributed by atoms with van der Waals surface area (Å²) < 4.78 is 5.14. The first kappa shape index (κ1) is 18.3. The lowest BCUT2D eigenvalue weighted by molar-refractivity contribution is 0.0727. The first-order valence-electron chi connectivity index (χ1n) is 8.94. The van der Waals surface area contributed by atoms with E-state index in [0.717, 1.165) is 12.1 Å². The monoisotopic (exact) mass is 394 g/mol. The molecule has 1 aliphatic heterocycles. The van der Waals surface area contributed by atoms with Crippen LogP contribution in [0.5, 0.6) is 5.75 Å². The van der Waals surface area contributed by atoms with Crippen LogP contribution in [0.25, 0.3) is 0 Å². The molecule has 1 aliphatic rings. The van der Waals surface area contributed by atoms with Gasteiger partial charge in [-0.15, -0.1) is 10.2 Å². The fraction of sp³-hybridized carbons (Fsp3) is 0.190.